The van der Waals surface area contributed by atoms with Crippen molar-refractivity contribution in [3.63, 3.8) is 0 Å². The van der Waals surface area contributed by atoms with Crippen LogP contribution in [-0.4, -0.2) is 27.9 Å². The van der Waals surface area contributed by atoms with Crippen LogP contribution in [0.1, 0.15) is 6.92 Å². The lowest BCUT2D eigenvalue weighted by Gasteiger charge is -2.07. The minimum absolute atomic E-state index is 0.115. The molecule has 0 atom stereocenters. The third-order valence-corrected chi connectivity index (χ3v) is 3.11. The molecule has 0 N–H and O–H groups in total. The first-order valence-electron chi connectivity index (χ1n) is 5.67. The van der Waals surface area contributed by atoms with Gasteiger partial charge in [0.1, 0.15) is 6.54 Å². The number of aromatic nitrogens is 2. The Morgan fingerprint density at radius 3 is 2.89 bits per heavy atom. The maximum atomic E-state index is 12.5. The third-order valence-electron chi connectivity index (χ3n) is 2.41. The number of imidazole rings is 1. The summed E-state index contributed by atoms with van der Waals surface area (Å²) in [6.45, 7) is 1.82. The normalized spacial score (nSPS) is 11.2. The minimum atomic E-state index is -2.59. The second-order valence-corrected chi connectivity index (χ2v) is 4.61. The Balaban J connectivity index is 2.39. The summed E-state index contributed by atoms with van der Waals surface area (Å²) in [7, 11) is 0. The number of benzene rings is 1. The minimum Gasteiger partial charge on any atom is -0.465 e. The summed E-state index contributed by atoms with van der Waals surface area (Å²) in [6, 6.07) is 6.98. The standard InChI is InChI=1S/C12H12F2N2O2S/c1-2-18-10(17)7-16-9-6-4-3-5-8(9)15-12(16)19-11(13)14/h3-6,11H,2,7H2,1H3. The molecule has 0 amide bonds. The largest absolute Gasteiger partial charge is 0.465 e. The van der Waals surface area contributed by atoms with Gasteiger partial charge in [-0.2, -0.15) is 8.78 Å². The second kappa shape index (κ2) is 6.01. The summed E-state index contributed by atoms with van der Waals surface area (Å²) in [4.78, 5) is 15.6. The molecule has 0 fully saturated rings. The molecular formula is C12H12F2N2O2S. The Kier molecular flexibility index (Phi) is 4.36. The van der Waals surface area contributed by atoms with Crippen molar-refractivity contribution >= 4 is 28.8 Å². The molecule has 0 radical (unpaired) electrons. The number of rotatable bonds is 5. The second-order valence-electron chi connectivity index (χ2n) is 3.65. The van der Waals surface area contributed by atoms with E-state index in [1.54, 1.807) is 31.2 Å². The fourth-order valence-electron chi connectivity index (χ4n) is 1.71. The topological polar surface area (TPSA) is 44.1 Å². The van der Waals surface area contributed by atoms with Crippen LogP contribution < -0.4 is 0 Å². The van der Waals surface area contributed by atoms with E-state index in [9.17, 15) is 13.6 Å². The molecule has 0 bridgehead atoms. The number of halogens is 2. The maximum absolute atomic E-state index is 12.5. The number of carbonyl (C=O) groups is 1. The van der Waals surface area contributed by atoms with Crippen molar-refractivity contribution in [3.05, 3.63) is 24.3 Å². The summed E-state index contributed by atoms with van der Waals surface area (Å²) in [5.74, 6) is -3.06. The highest BCUT2D eigenvalue weighted by Crippen LogP contribution is 2.28. The first-order valence-corrected chi connectivity index (χ1v) is 6.55. The number of nitrogens with zero attached hydrogens (tertiary/aromatic N) is 2. The van der Waals surface area contributed by atoms with E-state index >= 15 is 0 Å². The van der Waals surface area contributed by atoms with Crippen LogP contribution in [0.3, 0.4) is 0 Å². The molecule has 0 saturated carbocycles. The highest BCUT2D eigenvalue weighted by Gasteiger charge is 2.17. The van der Waals surface area contributed by atoms with Crippen molar-refractivity contribution < 1.29 is 18.3 Å². The van der Waals surface area contributed by atoms with E-state index in [1.165, 1.54) is 4.57 Å². The molecule has 102 valence electrons. The predicted octanol–water partition coefficient (Wildman–Crippen LogP) is 2.91. The molecule has 0 aliphatic heterocycles. The molecule has 1 heterocycles. The number of fused-ring (bicyclic) bond motifs is 1. The molecule has 4 nitrogen and oxygen atoms in total. The summed E-state index contributed by atoms with van der Waals surface area (Å²) >= 11 is 0.322. The zero-order chi connectivity index (χ0) is 13.8. The highest BCUT2D eigenvalue weighted by atomic mass is 32.2. The van der Waals surface area contributed by atoms with Gasteiger partial charge in [0.05, 0.1) is 17.6 Å². The van der Waals surface area contributed by atoms with Gasteiger partial charge in [0, 0.05) is 0 Å². The lowest BCUT2D eigenvalue weighted by molar-refractivity contribution is -0.143. The van der Waals surface area contributed by atoms with E-state index in [0.29, 0.717) is 22.8 Å². The van der Waals surface area contributed by atoms with E-state index in [-0.39, 0.29) is 18.3 Å². The molecule has 1 aromatic heterocycles. The van der Waals surface area contributed by atoms with Gasteiger partial charge in [0.15, 0.2) is 5.16 Å². The first kappa shape index (κ1) is 13.8. The third kappa shape index (κ3) is 3.23. The van der Waals surface area contributed by atoms with E-state index in [2.05, 4.69) is 4.98 Å². The summed E-state index contributed by atoms with van der Waals surface area (Å²) < 4.78 is 31.3. The predicted molar refractivity (Wildman–Crippen MR) is 68.2 cm³/mol. The van der Waals surface area contributed by atoms with Crippen LogP contribution in [0.4, 0.5) is 8.78 Å². The monoisotopic (exact) mass is 286 g/mol. The van der Waals surface area contributed by atoms with Crippen LogP contribution in [0, 0.1) is 0 Å². The van der Waals surface area contributed by atoms with Crippen molar-refractivity contribution in [2.45, 2.75) is 24.4 Å². The van der Waals surface area contributed by atoms with E-state index in [0.717, 1.165) is 0 Å². The Morgan fingerprint density at radius 1 is 1.47 bits per heavy atom. The number of hydrogen-bond acceptors (Lipinski definition) is 4. The van der Waals surface area contributed by atoms with Crippen LogP contribution in [-0.2, 0) is 16.1 Å². The fraction of sp³-hybridized carbons (Fsp3) is 0.333. The number of esters is 1. The number of thioether (sulfide) groups is 1. The average molecular weight is 286 g/mol. The molecule has 19 heavy (non-hydrogen) atoms. The molecule has 0 aliphatic rings. The highest BCUT2D eigenvalue weighted by molar-refractivity contribution is 7.99. The van der Waals surface area contributed by atoms with Crippen molar-refractivity contribution in [3.8, 4) is 0 Å². The molecule has 7 heteroatoms. The van der Waals surface area contributed by atoms with Crippen molar-refractivity contribution in [2.75, 3.05) is 6.61 Å². The van der Waals surface area contributed by atoms with Crippen LogP contribution >= 0.6 is 11.8 Å². The zero-order valence-electron chi connectivity index (χ0n) is 10.2. The van der Waals surface area contributed by atoms with Crippen molar-refractivity contribution in [2.24, 2.45) is 0 Å². The average Bonchev–Trinajstić information content (AvgIpc) is 2.67. The quantitative estimate of drug-likeness (QED) is 0.626. The van der Waals surface area contributed by atoms with Gasteiger partial charge in [0.25, 0.3) is 5.76 Å². The molecule has 2 aromatic rings. The molecule has 0 spiro atoms. The number of hydrogen-bond donors (Lipinski definition) is 0. The van der Waals surface area contributed by atoms with Gasteiger partial charge in [-0.05, 0) is 30.8 Å². The molecule has 0 saturated heterocycles. The Morgan fingerprint density at radius 2 is 2.21 bits per heavy atom. The molecule has 0 aliphatic carbocycles. The van der Waals surface area contributed by atoms with Crippen LogP contribution in [0.5, 0.6) is 0 Å². The lowest BCUT2D eigenvalue weighted by Crippen LogP contribution is -2.14. The zero-order valence-corrected chi connectivity index (χ0v) is 11.0. The van der Waals surface area contributed by atoms with Gasteiger partial charge in [-0.15, -0.1) is 0 Å². The van der Waals surface area contributed by atoms with Crippen LogP contribution in [0.15, 0.2) is 29.4 Å². The molecule has 1 aromatic carbocycles. The molecule has 2 rings (SSSR count). The van der Waals surface area contributed by atoms with Gasteiger partial charge in [-0.25, -0.2) is 4.98 Å². The van der Waals surface area contributed by atoms with Gasteiger partial charge < -0.3 is 9.30 Å². The SMILES string of the molecule is CCOC(=O)Cn1c(SC(F)F)nc2ccccc21. The number of carbonyl (C=O) groups excluding carboxylic acids is 1. The number of para-hydroxylation sites is 2. The van der Waals surface area contributed by atoms with Gasteiger partial charge in [-0.3, -0.25) is 4.79 Å². The Labute approximate surface area is 112 Å². The molecule has 0 unspecified atom stereocenters. The number of alkyl halides is 2. The Bertz CT molecular complexity index is 586. The van der Waals surface area contributed by atoms with Crippen LogP contribution in [0.25, 0.3) is 11.0 Å². The molecular weight excluding hydrogens is 274 g/mol. The van der Waals surface area contributed by atoms with E-state index in [4.69, 9.17) is 4.74 Å². The summed E-state index contributed by atoms with van der Waals surface area (Å²) in [5, 5.41) is 0.115. The first-order chi connectivity index (χ1) is 9.11. The van der Waals surface area contributed by atoms with E-state index < -0.39 is 11.7 Å². The van der Waals surface area contributed by atoms with Crippen LogP contribution in [0.2, 0.25) is 0 Å². The summed E-state index contributed by atoms with van der Waals surface area (Å²) in [5.41, 5.74) is 1.22. The fourth-order valence-corrected chi connectivity index (χ4v) is 2.31. The Hall–Kier alpha value is -1.63. The maximum Gasteiger partial charge on any atom is 0.326 e. The lowest BCUT2D eigenvalue weighted by atomic mass is 10.3. The number of ether oxygens (including phenoxy) is 1. The summed E-state index contributed by atoms with van der Waals surface area (Å²) in [6.07, 6.45) is 0. The van der Waals surface area contributed by atoms with Crippen molar-refractivity contribution in [1.29, 1.82) is 0 Å². The van der Waals surface area contributed by atoms with E-state index in [1.807, 2.05) is 0 Å². The smallest absolute Gasteiger partial charge is 0.326 e. The van der Waals surface area contributed by atoms with Gasteiger partial charge in [-0.1, -0.05) is 12.1 Å². The van der Waals surface area contributed by atoms with Gasteiger partial charge in [0.2, 0.25) is 0 Å². The van der Waals surface area contributed by atoms with Gasteiger partial charge >= 0.3 is 5.97 Å². The van der Waals surface area contributed by atoms with Crippen molar-refractivity contribution in [1.82, 2.24) is 9.55 Å².